The Balaban J connectivity index is 4.64. The van der Waals surface area contributed by atoms with Crippen LogP contribution in [-0.2, 0) is 14.3 Å². The van der Waals surface area contributed by atoms with E-state index in [9.17, 15) is 19.8 Å². The molecule has 0 rings (SSSR count). The molecular formula is C59H105NO5. The number of ether oxygens (including phenoxy) is 1. The van der Waals surface area contributed by atoms with Crippen molar-refractivity contribution < 1.29 is 24.5 Å². The second kappa shape index (κ2) is 52.3. The maximum absolute atomic E-state index is 13.2. The van der Waals surface area contributed by atoms with E-state index in [1.165, 1.54) is 135 Å². The third-order valence-corrected chi connectivity index (χ3v) is 12.4. The minimum atomic E-state index is -0.805. The van der Waals surface area contributed by atoms with Crippen LogP contribution in [0.1, 0.15) is 265 Å². The second-order valence-electron chi connectivity index (χ2n) is 18.8. The van der Waals surface area contributed by atoms with Crippen molar-refractivity contribution in [1.82, 2.24) is 5.32 Å². The van der Waals surface area contributed by atoms with E-state index >= 15 is 0 Å². The molecule has 3 unspecified atom stereocenters. The first-order valence-electron chi connectivity index (χ1n) is 27.7. The molecule has 0 bridgehead atoms. The maximum atomic E-state index is 13.2. The molecule has 65 heavy (non-hydrogen) atoms. The highest BCUT2D eigenvalue weighted by molar-refractivity contribution is 5.77. The fourth-order valence-corrected chi connectivity index (χ4v) is 8.16. The molecule has 0 radical (unpaired) electrons. The number of allylic oxidation sites excluding steroid dienone is 12. The van der Waals surface area contributed by atoms with Crippen LogP contribution in [0.2, 0.25) is 0 Å². The summed E-state index contributed by atoms with van der Waals surface area (Å²) in [5, 5.41) is 23.8. The Labute approximate surface area is 402 Å². The van der Waals surface area contributed by atoms with E-state index in [4.69, 9.17) is 4.74 Å². The molecule has 0 fully saturated rings. The summed E-state index contributed by atoms with van der Waals surface area (Å²) < 4.78 is 5.92. The van der Waals surface area contributed by atoms with Crippen molar-refractivity contribution in [3.63, 3.8) is 0 Å². The minimum absolute atomic E-state index is 0.0416. The molecule has 0 aromatic carbocycles. The summed E-state index contributed by atoms with van der Waals surface area (Å²) in [7, 11) is 0. The Kier molecular flexibility index (Phi) is 50.1. The van der Waals surface area contributed by atoms with E-state index in [2.05, 4.69) is 62.5 Å². The molecule has 0 aliphatic carbocycles. The number of esters is 1. The van der Waals surface area contributed by atoms with Crippen molar-refractivity contribution in [1.29, 1.82) is 0 Å². The molecule has 0 aliphatic rings. The Bertz CT molecular complexity index is 1200. The second-order valence-corrected chi connectivity index (χ2v) is 18.8. The van der Waals surface area contributed by atoms with Gasteiger partial charge in [0.15, 0.2) is 0 Å². The summed E-state index contributed by atoms with van der Waals surface area (Å²) in [6, 6.07) is -0.722. The van der Waals surface area contributed by atoms with Gasteiger partial charge in [0.25, 0.3) is 0 Å². The summed E-state index contributed by atoms with van der Waals surface area (Å²) in [6.07, 6.45) is 66.7. The van der Waals surface area contributed by atoms with Gasteiger partial charge in [-0.1, -0.05) is 254 Å². The lowest BCUT2D eigenvalue weighted by molar-refractivity contribution is -0.151. The van der Waals surface area contributed by atoms with E-state index in [1.54, 1.807) is 0 Å². The zero-order valence-electron chi connectivity index (χ0n) is 42.9. The number of amides is 1. The Morgan fingerprint density at radius 2 is 0.831 bits per heavy atom. The molecule has 3 atom stereocenters. The monoisotopic (exact) mass is 908 g/mol. The van der Waals surface area contributed by atoms with Crippen LogP contribution in [0.5, 0.6) is 0 Å². The molecule has 1 amide bonds. The number of carbonyl (C=O) groups excluding carboxylic acids is 2. The van der Waals surface area contributed by atoms with Crippen molar-refractivity contribution in [2.75, 3.05) is 6.61 Å². The maximum Gasteiger partial charge on any atom is 0.306 e. The molecule has 0 saturated heterocycles. The molecule has 0 spiro atoms. The average Bonchev–Trinajstić information content (AvgIpc) is 3.30. The average molecular weight is 908 g/mol. The molecule has 6 nitrogen and oxygen atoms in total. The van der Waals surface area contributed by atoms with Gasteiger partial charge in [-0.2, -0.15) is 0 Å². The molecule has 0 aliphatic heterocycles. The third-order valence-electron chi connectivity index (χ3n) is 12.4. The topological polar surface area (TPSA) is 95.9 Å². The summed E-state index contributed by atoms with van der Waals surface area (Å²) in [4.78, 5) is 26.2. The highest BCUT2D eigenvalue weighted by Gasteiger charge is 2.24. The standard InChI is InChI=1S/C59H105NO5/c1-4-7-10-13-16-19-22-25-27-29-31-34-36-39-42-45-48-51-57(62)56(54-61)60-58(63)53-55(50-47-44-41-38-35-33-30-28-26-23-20-17-14-11-8-5-2)65-59(64)52-49-46-43-40-37-32-24-21-18-15-12-9-6-3/h11,14,17,20,23,26,28,30,32-33,35,37,55-57,61-62H,4-10,12-13,15-16,18-19,21-22,24-25,27,29,31,34,36,38-54H2,1-3H3,(H,60,63)/b14-11+,20-17+,26-23+,30-28+,35-33+,37-32-. The van der Waals surface area contributed by atoms with Gasteiger partial charge >= 0.3 is 5.97 Å². The van der Waals surface area contributed by atoms with Gasteiger partial charge in [-0.05, 0) is 70.6 Å². The third kappa shape index (κ3) is 47.6. The number of rotatable bonds is 49. The summed E-state index contributed by atoms with van der Waals surface area (Å²) in [6.45, 7) is 6.39. The van der Waals surface area contributed by atoms with Gasteiger partial charge in [0.1, 0.15) is 6.10 Å². The number of unbranched alkanes of at least 4 members (excludes halogenated alkanes) is 29. The van der Waals surface area contributed by atoms with E-state index in [0.717, 1.165) is 83.5 Å². The van der Waals surface area contributed by atoms with E-state index in [1.807, 2.05) is 36.5 Å². The largest absolute Gasteiger partial charge is 0.462 e. The molecule has 3 N–H and O–H groups in total. The Hall–Kier alpha value is -2.70. The van der Waals surface area contributed by atoms with Crippen LogP contribution in [-0.4, -0.2) is 46.9 Å². The predicted molar refractivity (Wildman–Crippen MR) is 282 cm³/mol. The quantitative estimate of drug-likeness (QED) is 0.0245. The van der Waals surface area contributed by atoms with Crippen molar-refractivity contribution in [2.45, 2.75) is 283 Å². The van der Waals surface area contributed by atoms with Crippen LogP contribution < -0.4 is 5.32 Å². The Morgan fingerprint density at radius 3 is 1.31 bits per heavy atom. The van der Waals surface area contributed by atoms with Gasteiger partial charge < -0.3 is 20.3 Å². The number of carbonyl (C=O) groups is 2. The first-order valence-corrected chi connectivity index (χ1v) is 27.7. The lowest BCUT2D eigenvalue weighted by Gasteiger charge is -2.24. The highest BCUT2D eigenvalue weighted by Crippen LogP contribution is 2.18. The molecule has 6 heteroatoms. The zero-order chi connectivity index (χ0) is 47.4. The highest BCUT2D eigenvalue weighted by atomic mass is 16.5. The van der Waals surface area contributed by atoms with Gasteiger partial charge in [0, 0.05) is 6.42 Å². The van der Waals surface area contributed by atoms with Gasteiger partial charge in [0.2, 0.25) is 5.91 Å². The van der Waals surface area contributed by atoms with Crippen molar-refractivity contribution >= 4 is 11.9 Å². The van der Waals surface area contributed by atoms with Crippen molar-refractivity contribution in [2.24, 2.45) is 0 Å². The molecule has 0 heterocycles. The van der Waals surface area contributed by atoms with Crippen LogP contribution in [0.4, 0.5) is 0 Å². The van der Waals surface area contributed by atoms with Crippen LogP contribution in [0.15, 0.2) is 72.9 Å². The zero-order valence-corrected chi connectivity index (χ0v) is 42.9. The van der Waals surface area contributed by atoms with Gasteiger partial charge in [-0.25, -0.2) is 0 Å². The first-order chi connectivity index (χ1) is 32.0. The number of hydrogen-bond acceptors (Lipinski definition) is 5. The van der Waals surface area contributed by atoms with Gasteiger partial charge in [-0.3, -0.25) is 9.59 Å². The first kappa shape index (κ1) is 62.3. The van der Waals surface area contributed by atoms with E-state index in [0.29, 0.717) is 19.3 Å². The fraction of sp³-hybridized carbons (Fsp3) is 0.763. The molecular weight excluding hydrogens is 803 g/mol. The SMILES string of the molecule is CCC/C=C/C=C/C=C/C=C/C=C/CCCCCC(CC(=O)NC(CO)C(O)CCCCCCCCCCCCCCCCCCC)OC(=O)CCCCC/C=C\CCCCCCCC. The smallest absolute Gasteiger partial charge is 0.306 e. The van der Waals surface area contributed by atoms with Crippen LogP contribution >= 0.6 is 0 Å². The van der Waals surface area contributed by atoms with Gasteiger partial charge in [0.05, 0.1) is 25.2 Å². The number of hydrogen-bond donors (Lipinski definition) is 3. The Morgan fingerprint density at radius 1 is 0.446 bits per heavy atom. The lowest BCUT2D eigenvalue weighted by Crippen LogP contribution is -2.46. The molecule has 0 aromatic heterocycles. The predicted octanol–water partition coefficient (Wildman–Crippen LogP) is 17.0. The van der Waals surface area contributed by atoms with Crippen LogP contribution in [0.25, 0.3) is 0 Å². The summed E-state index contributed by atoms with van der Waals surface area (Å²) in [5.41, 5.74) is 0. The minimum Gasteiger partial charge on any atom is -0.462 e. The molecule has 376 valence electrons. The number of aliphatic hydroxyl groups is 2. The van der Waals surface area contributed by atoms with Crippen LogP contribution in [0.3, 0.4) is 0 Å². The van der Waals surface area contributed by atoms with Crippen molar-refractivity contribution in [3.8, 4) is 0 Å². The van der Waals surface area contributed by atoms with E-state index < -0.39 is 18.2 Å². The number of aliphatic hydroxyl groups excluding tert-OH is 2. The lowest BCUT2D eigenvalue weighted by atomic mass is 10.0. The van der Waals surface area contributed by atoms with Gasteiger partial charge in [-0.15, -0.1) is 0 Å². The molecule has 0 saturated carbocycles. The number of nitrogens with one attached hydrogen (secondary N) is 1. The van der Waals surface area contributed by atoms with Crippen LogP contribution in [0, 0.1) is 0 Å². The fourth-order valence-electron chi connectivity index (χ4n) is 8.16. The van der Waals surface area contributed by atoms with Crippen molar-refractivity contribution in [3.05, 3.63) is 72.9 Å². The summed E-state index contributed by atoms with van der Waals surface area (Å²) >= 11 is 0. The van der Waals surface area contributed by atoms with E-state index in [-0.39, 0.29) is 24.9 Å². The summed E-state index contributed by atoms with van der Waals surface area (Å²) in [5.74, 6) is -0.533. The molecule has 0 aromatic rings. The normalized spacial score (nSPS) is 13.7.